The molecule has 1 aliphatic rings. The van der Waals surface area contributed by atoms with Crippen molar-refractivity contribution in [3.05, 3.63) is 0 Å². The van der Waals surface area contributed by atoms with Crippen molar-refractivity contribution in [2.45, 2.75) is 25.0 Å². The Labute approximate surface area is 53.0 Å². The molecular weight excluding hydrogens is 120 g/mol. The average Bonchev–Trinajstić information content (AvgIpc) is 2.14. The zero-order valence-electron chi connectivity index (χ0n) is 5.00. The highest BCUT2D eigenvalue weighted by atomic mass is 16.4. The summed E-state index contributed by atoms with van der Waals surface area (Å²) in [4.78, 5) is 10.2. The normalized spacial score (nSPS) is 34.8. The summed E-state index contributed by atoms with van der Waals surface area (Å²) in [7, 11) is 0. The number of carboxylic acid groups (broad SMARTS) is 1. The number of hydrogen-bond donors (Lipinski definition) is 3. The van der Waals surface area contributed by atoms with Gasteiger partial charge in [-0.05, 0) is 12.8 Å². The lowest BCUT2D eigenvalue weighted by Gasteiger charge is -2.04. The van der Waals surface area contributed by atoms with Crippen LogP contribution < -0.4 is 11.1 Å². The summed E-state index contributed by atoms with van der Waals surface area (Å²) in [5.74, 6) is -0.803. The molecule has 1 heterocycles. The molecule has 0 bridgehead atoms. The van der Waals surface area contributed by atoms with Crippen molar-refractivity contribution in [1.82, 2.24) is 5.32 Å². The molecule has 0 aromatic rings. The van der Waals surface area contributed by atoms with Crippen LogP contribution in [0.5, 0.6) is 0 Å². The third-order valence-corrected chi connectivity index (χ3v) is 1.48. The summed E-state index contributed by atoms with van der Waals surface area (Å²) in [6.45, 7) is 0. The van der Waals surface area contributed by atoms with Gasteiger partial charge in [-0.2, -0.15) is 0 Å². The highest BCUT2D eigenvalue weighted by Gasteiger charge is 2.25. The van der Waals surface area contributed by atoms with E-state index in [1.807, 2.05) is 0 Å². The minimum Gasteiger partial charge on any atom is -0.480 e. The van der Waals surface area contributed by atoms with Gasteiger partial charge in [-0.3, -0.25) is 10.1 Å². The molecule has 0 amide bonds. The van der Waals surface area contributed by atoms with Gasteiger partial charge in [-0.1, -0.05) is 0 Å². The van der Waals surface area contributed by atoms with Gasteiger partial charge in [-0.15, -0.1) is 0 Å². The van der Waals surface area contributed by atoms with Gasteiger partial charge in [-0.25, -0.2) is 0 Å². The second kappa shape index (κ2) is 2.33. The van der Waals surface area contributed by atoms with E-state index in [2.05, 4.69) is 5.32 Å². The Morgan fingerprint density at radius 1 is 1.67 bits per heavy atom. The maximum Gasteiger partial charge on any atom is 0.320 e. The number of carbonyl (C=O) groups is 1. The molecule has 52 valence electrons. The second-order valence-corrected chi connectivity index (χ2v) is 2.24. The van der Waals surface area contributed by atoms with Crippen LogP contribution in [-0.4, -0.2) is 23.3 Å². The monoisotopic (exact) mass is 130 g/mol. The predicted octanol–water partition coefficient (Wildman–Crippen LogP) is -0.892. The van der Waals surface area contributed by atoms with Crippen LogP contribution in [0.25, 0.3) is 0 Å². The minimum atomic E-state index is -0.803. The fourth-order valence-corrected chi connectivity index (χ4v) is 0.966. The molecule has 4 nitrogen and oxygen atoms in total. The first-order valence-corrected chi connectivity index (χ1v) is 2.94. The van der Waals surface area contributed by atoms with E-state index in [1.54, 1.807) is 0 Å². The van der Waals surface area contributed by atoms with Gasteiger partial charge < -0.3 is 10.8 Å². The number of rotatable bonds is 1. The lowest BCUT2D eigenvalue weighted by atomic mass is 10.2. The summed E-state index contributed by atoms with van der Waals surface area (Å²) in [5.41, 5.74) is 5.39. The van der Waals surface area contributed by atoms with Crippen LogP contribution in [0.3, 0.4) is 0 Å². The van der Waals surface area contributed by atoms with Crippen molar-refractivity contribution in [3.63, 3.8) is 0 Å². The van der Waals surface area contributed by atoms with Crippen molar-refractivity contribution in [1.29, 1.82) is 0 Å². The lowest BCUT2D eigenvalue weighted by Crippen LogP contribution is -2.39. The van der Waals surface area contributed by atoms with Crippen LogP contribution in [-0.2, 0) is 4.79 Å². The molecular formula is C5H10N2O2. The summed E-state index contributed by atoms with van der Waals surface area (Å²) in [6.07, 6.45) is 1.29. The molecule has 0 spiro atoms. The van der Waals surface area contributed by atoms with Gasteiger partial charge in [0.05, 0.1) is 6.17 Å². The largest absolute Gasteiger partial charge is 0.480 e. The maximum absolute atomic E-state index is 10.2. The molecule has 4 heteroatoms. The molecule has 0 radical (unpaired) electrons. The molecule has 1 aliphatic heterocycles. The van der Waals surface area contributed by atoms with E-state index in [0.717, 1.165) is 6.42 Å². The highest BCUT2D eigenvalue weighted by molar-refractivity contribution is 5.73. The summed E-state index contributed by atoms with van der Waals surface area (Å²) in [5, 5.41) is 11.1. The Kier molecular flexibility index (Phi) is 1.68. The van der Waals surface area contributed by atoms with Gasteiger partial charge in [0.1, 0.15) is 6.04 Å². The van der Waals surface area contributed by atoms with Gasteiger partial charge in [0, 0.05) is 0 Å². The Hall–Kier alpha value is -0.610. The van der Waals surface area contributed by atoms with E-state index in [-0.39, 0.29) is 6.17 Å². The first-order chi connectivity index (χ1) is 4.20. The summed E-state index contributed by atoms with van der Waals surface area (Å²) >= 11 is 0. The van der Waals surface area contributed by atoms with Gasteiger partial charge >= 0.3 is 5.97 Å². The zero-order valence-corrected chi connectivity index (χ0v) is 5.00. The Morgan fingerprint density at radius 3 is 2.56 bits per heavy atom. The maximum atomic E-state index is 10.2. The highest BCUT2D eigenvalue weighted by Crippen LogP contribution is 2.07. The number of nitrogens with one attached hydrogen (secondary N) is 1. The van der Waals surface area contributed by atoms with Crippen molar-refractivity contribution < 1.29 is 9.90 Å². The van der Waals surface area contributed by atoms with E-state index in [4.69, 9.17) is 10.8 Å². The van der Waals surface area contributed by atoms with E-state index < -0.39 is 12.0 Å². The van der Waals surface area contributed by atoms with Crippen LogP contribution in [0.15, 0.2) is 0 Å². The fourth-order valence-electron chi connectivity index (χ4n) is 0.966. The third-order valence-electron chi connectivity index (χ3n) is 1.48. The van der Waals surface area contributed by atoms with Crippen molar-refractivity contribution in [2.24, 2.45) is 5.73 Å². The average molecular weight is 130 g/mol. The number of carboxylic acids is 1. The molecule has 0 aromatic heterocycles. The molecule has 2 atom stereocenters. The van der Waals surface area contributed by atoms with Crippen LogP contribution in [0, 0.1) is 0 Å². The fraction of sp³-hybridized carbons (Fsp3) is 0.800. The molecule has 1 rings (SSSR count). The topological polar surface area (TPSA) is 75.4 Å². The molecule has 1 fully saturated rings. The smallest absolute Gasteiger partial charge is 0.320 e. The number of nitrogens with two attached hydrogens (primary N) is 1. The SMILES string of the molecule is NC1CCC(C(=O)O)N1. The van der Waals surface area contributed by atoms with E-state index in [1.165, 1.54) is 0 Å². The first kappa shape index (κ1) is 6.51. The van der Waals surface area contributed by atoms with Crippen molar-refractivity contribution in [3.8, 4) is 0 Å². The lowest BCUT2D eigenvalue weighted by molar-refractivity contribution is -0.139. The van der Waals surface area contributed by atoms with Crippen LogP contribution in [0.4, 0.5) is 0 Å². The molecule has 9 heavy (non-hydrogen) atoms. The minimum absolute atomic E-state index is 0.119. The van der Waals surface area contributed by atoms with Crippen LogP contribution in [0.2, 0.25) is 0 Å². The van der Waals surface area contributed by atoms with Gasteiger partial charge in [0.2, 0.25) is 0 Å². The Balaban J connectivity index is 2.39. The molecule has 0 aromatic carbocycles. The van der Waals surface area contributed by atoms with Crippen LogP contribution >= 0.6 is 0 Å². The molecule has 4 N–H and O–H groups in total. The predicted molar refractivity (Wildman–Crippen MR) is 31.8 cm³/mol. The third kappa shape index (κ3) is 1.40. The van der Waals surface area contributed by atoms with Gasteiger partial charge in [0.25, 0.3) is 0 Å². The van der Waals surface area contributed by atoms with E-state index in [0.29, 0.717) is 6.42 Å². The zero-order chi connectivity index (χ0) is 6.85. The summed E-state index contributed by atoms with van der Waals surface area (Å²) < 4.78 is 0. The number of aliphatic carboxylic acids is 1. The Bertz CT molecular complexity index is 126. The quantitative estimate of drug-likeness (QED) is 0.430. The van der Waals surface area contributed by atoms with E-state index >= 15 is 0 Å². The summed E-state index contributed by atoms with van der Waals surface area (Å²) in [6, 6.07) is -0.417. The second-order valence-electron chi connectivity index (χ2n) is 2.24. The Morgan fingerprint density at radius 2 is 2.33 bits per heavy atom. The van der Waals surface area contributed by atoms with Crippen molar-refractivity contribution >= 4 is 5.97 Å². The molecule has 0 saturated carbocycles. The van der Waals surface area contributed by atoms with Crippen LogP contribution in [0.1, 0.15) is 12.8 Å². The standard InChI is InChI=1S/C5H10N2O2/c6-4-2-1-3(7-4)5(8)9/h3-4,7H,1-2,6H2,(H,8,9). The molecule has 2 unspecified atom stereocenters. The van der Waals surface area contributed by atoms with Crippen molar-refractivity contribution in [2.75, 3.05) is 0 Å². The first-order valence-electron chi connectivity index (χ1n) is 2.94. The molecule has 0 aliphatic carbocycles. The van der Waals surface area contributed by atoms with Gasteiger partial charge in [0.15, 0.2) is 0 Å². The molecule has 1 saturated heterocycles. The number of hydrogen-bond acceptors (Lipinski definition) is 3. The van der Waals surface area contributed by atoms with E-state index in [9.17, 15) is 4.79 Å².